The van der Waals surface area contributed by atoms with E-state index in [0.29, 0.717) is 5.56 Å². The van der Waals surface area contributed by atoms with Crippen LogP contribution in [0.4, 0.5) is 0 Å². The zero-order valence-corrected chi connectivity index (χ0v) is 19.4. The predicted molar refractivity (Wildman–Crippen MR) is 132 cm³/mol. The Balaban J connectivity index is 1.74. The van der Waals surface area contributed by atoms with Crippen LogP contribution in [0.1, 0.15) is 24.0 Å². The zero-order valence-electron chi connectivity index (χ0n) is 19.4. The maximum Gasteiger partial charge on any atom is 0.326 e. The van der Waals surface area contributed by atoms with Gasteiger partial charge < -0.3 is 37.3 Å². The van der Waals surface area contributed by atoms with Crippen molar-refractivity contribution in [3.05, 3.63) is 65.9 Å². The number of carbonyl (C=O) groups is 4. The Hall–Kier alpha value is -4.38. The number of phenolic OH excluding ortho intramolecular Hbond substituents is 1. The highest BCUT2D eigenvalue weighted by molar-refractivity contribution is 5.92. The first-order valence-electron chi connectivity index (χ1n) is 11.3. The summed E-state index contributed by atoms with van der Waals surface area (Å²) in [5.41, 5.74) is 13.6. The molecule has 3 rings (SSSR count). The number of para-hydroxylation sites is 1. The Morgan fingerprint density at radius 1 is 0.917 bits per heavy atom. The summed E-state index contributed by atoms with van der Waals surface area (Å²) in [5.74, 6) is -3.36. The van der Waals surface area contributed by atoms with E-state index in [9.17, 15) is 29.4 Å². The second kappa shape index (κ2) is 11.8. The van der Waals surface area contributed by atoms with E-state index >= 15 is 0 Å². The van der Waals surface area contributed by atoms with Gasteiger partial charge in [0.25, 0.3) is 0 Å². The minimum absolute atomic E-state index is 0.0137. The number of amides is 3. The number of aliphatic carboxylic acids is 1. The first kappa shape index (κ1) is 26.2. The minimum atomic E-state index is -1.37. The molecule has 3 aromatic rings. The number of carbonyl (C=O) groups excluding carboxylic acids is 3. The largest absolute Gasteiger partial charge is 0.508 e. The highest BCUT2D eigenvalue weighted by atomic mass is 16.4. The lowest BCUT2D eigenvalue weighted by atomic mass is 10.0. The molecule has 11 heteroatoms. The molecule has 11 nitrogen and oxygen atoms in total. The molecule has 9 N–H and O–H groups in total. The molecule has 0 bridgehead atoms. The van der Waals surface area contributed by atoms with E-state index in [1.807, 2.05) is 24.3 Å². The summed E-state index contributed by atoms with van der Waals surface area (Å²) < 4.78 is 0. The second-order valence-corrected chi connectivity index (χ2v) is 8.51. The number of benzene rings is 2. The lowest BCUT2D eigenvalue weighted by Gasteiger charge is -2.23. The summed E-state index contributed by atoms with van der Waals surface area (Å²) in [5, 5.41) is 24.9. The quantitative estimate of drug-likeness (QED) is 0.187. The van der Waals surface area contributed by atoms with Crippen LogP contribution in [0, 0.1) is 0 Å². The number of nitrogens with two attached hydrogens (primary N) is 2. The van der Waals surface area contributed by atoms with E-state index < -0.39 is 41.8 Å². The van der Waals surface area contributed by atoms with E-state index in [1.165, 1.54) is 12.1 Å². The Morgan fingerprint density at radius 3 is 2.25 bits per heavy atom. The van der Waals surface area contributed by atoms with Crippen molar-refractivity contribution >= 4 is 34.6 Å². The van der Waals surface area contributed by atoms with Crippen LogP contribution in [0.15, 0.2) is 54.7 Å². The van der Waals surface area contributed by atoms with Crippen molar-refractivity contribution < 1.29 is 29.4 Å². The Bertz CT molecular complexity index is 1240. The van der Waals surface area contributed by atoms with Gasteiger partial charge in [0.1, 0.15) is 17.8 Å². The van der Waals surface area contributed by atoms with Crippen molar-refractivity contribution in [2.75, 3.05) is 0 Å². The summed E-state index contributed by atoms with van der Waals surface area (Å²) in [6.45, 7) is 0. The van der Waals surface area contributed by atoms with Gasteiger partial charge >= 0.3 is 5.97 Å². The number of aromatic nitrogens is 1. The SMILES string of the molecule is NC(=O)CCC(NC(=O)C(Cc1ccc(O)cc1)NC(=O)C(N)Cc1c[nH]c2ccccc12)C(=O)O. The van der Waals surface area contributed by atoms with Crippen molar-refractivity contribution in [2.24, 2.45) is 11.5 Å². The first-order valence-corrected chi connectivity index (χ1v) is 11.3. The number of H-pyrrole nitrogens is 1. The third-order valence-corrected chi connectivity index (χ3v) is 5.75. The predicted octanol–water partition coefficient (Wildman–Crippen LogP) is 0.306. The average Bonchev–Trinajstić information content (AvgIpc) is 3.24. The van der Waals surface area contributed by atoms with Crippen LogP contribution >= 0.6 is 0 Å². The van der Waals surface area contributed by atoms with Gasteiger partial charge in [-0.25, -0.2) is 4.79 Å². The van der Waals surface area contributed by atoms with Gasteiger partial charge in [-0.3, -0.25) is 14.4 Å². The Labute approximate surface area is 206 Å². The molecule has 0 fully saturated rings. The standard InChI is InChI=1S/C25H29N5O6/c26-18(12-15-13-28-19-4-2-1-3-17(15)19)23(33)30-21(11-14-5-7-16(31)8-6-14)24(34)29-20(25(35)36)9-10-22(27)32/h1-8,13,18,20-21,28,31H,9-12,26H2,(H2,27,32)(H,29,34)(H,30,33)(H,35,36). The van der Waals surface area contributed by atoms with Crippen molar-refractivity contribution in [2.45, 2.75) is 43.8 Å². The summed E-state index contributed by atoms with van der Waals surface area (Å²) in [4.78, 5) is 51.7. The van der Waals surface area contributed by atoms with Crippen molar-refractivity contribution in [1.82, 2.24) is 15.6 Å². The summed E-state index contributed by atoms with van der Waals surface area (Å²) in [7, 11) is 0. The normalized spacial score (nSPS) is 13.5. The molecule has 190 valence electrons. The van der Waals surface area contributed by atoms with Crippen molar-refractivity contribution in [3.8, 4) is 5.75 Å². The monoisotopic (exact) mass is 495 g/mol. The summed E-state index contributed by atoms with van der Waals surface area (Å²) >= 11 is 0. The number of nitrogens with one attached hydrogen (secondary N) is 3. The molecule has 3 unspecified atom stereocenters. The Morgan fingerprint density at radius 2 is 1.58 bits per heavy atom. The highest BCUT2D eigenvalue weighted by Gasteiger charge is 2.28. The number of rotatable bonds is 12. The number of hydrogen-bond acceptors (Lipinski definition) is 6. The van der Waals surface area contributed by atoms with Gasteiger partial charge in [0.15, 0.2) is 0 Å². The number of aromatic amines is 1. The van der Waals surface area contributed by atoms with E-state index in [2.05, 4.69) is 15.6 Å². The molecule has 3 atom stereocenters. The molecule has 3 amide bonds. The molecule has 36 heavy (non-hydrogen) atoms. The summed E-state index contributed by atoms with van der Waals surface area (Å²) in [6.07, 6.45) is 1.56. The maximum atomic E-state index is 13.0. The molecule has 0 aliphatic carbocycles. The van der Waals surface area contributed by atoms with Gasteiger partial charge in [-0.2, -0.15) is 0 Å². The van der Waals surface area contributed by atoms with Crippen LogP contribution < -0.4 is 22.1 Å². The number of primary amides is 1. The Kier molecular flexibility index (Phi) is 8.63. The minimum Gasteiger partial charge on any atom is -0.508 e. The number of phenols is 1. The zero-order chi connectivity index (χ0) is 26.2. The second-order valence-electron chi connectivity index (χ2n) is 8.51. The summed E-state index contributed by atoms with van der Waals surface area (Å²) in [6, 6.07) is 10.1. The van der Waals surface area contributed by atoms with Crippen LogP contribution in [-0.2, 0) is 32.0 Å². The lowest BCUT2D eigenvalue weighted by molar-refractivity contribution is -0.142. The van der Waals surface area contributed by atoms with Gasteiger partial charge in [-0.1, -0.05) is 30.3 Å². The van der Waals surface area contributed by atoms with Crippen LogP contribution in [-0.4, -0.2) is 57.0 Å². The molecule has 0 saturated heterocycles. The first-order chi connectivity index (χ1) is 17.1. The highest BCUT2D eigenvalue weighted by Crippen LogP contribution is 2.19. The molecule has 0 saturated carbocycles. The molecule has 1 heterocycles. The van der Waals surface area contributed by atoms with Gasteiger partial charge in [-0.15, -0.1) is 0 Å². The number of fused-ring (bicyclic) bond motifs is 1. The van der Waals surface area contributed by atoms with E-state index in [-0.39, 0.29) is 31.4 Å². The molecule has 0 aliphatic heterocycles. The van der Waals surface area contributed by atoms with Gasteiger partial charge in [0.2, 0.25) is 17.7 Å². The average molecular weight is 496 g/mol. The van der Waals surface area contributed by atoms with E-state index in [1.54, 1.807) is 18.3 Å². The number of aromatic hydroxyl groups is 1. The third kappa shape index (κ3) is 7.06. The molecule has 1 aromatic heterocycles. The maximum absolute atomic E-state index is 13.0. The topological polar surface area (TPSA) is 201 Å². The molecule has 2 aromatic carbocycles. The van der Waals surface area contributed by atoms with Gasteiger partial charge in [0.05, 0.1) is 6.04 Å². The lowest BCUT2D eigenvalue weighted by Crippen LogP contribution is -2.55. The fraction of sp³-hybridized carbons (Fsp3) is 0.280. The third-order valence-electron chi connectivity index (χ3n) is 5.75. The molecule has 0 radical (unpaired) electrons. The fourth-order valence-electron chi connectivity index (χ4n) is 3.80. The smallest absolute Gasteiger partial charge is 0.326 e. The fourth-order valence-corrected chi connectivity index (χ4v) is 3.80. The van der Waals surface area contributed by atoms with Crippen LogP contribution in [0.5, 0.6) is 5.75 Å². The van der Waals surface area contributed by atoms with E-state index in [0.717, 1.165) is 16.5 Å². The molecular formula is C25H29N5O6. The van der Waals surface area contributed by atoms with Crippen LogP contribution in [0.2, 0.25) is 0 Å². The van der Waals surface area contributed by atoms with Crippen molar-refractivity contribution in [1.29, 1.82) is 0 Å². The number of hydrogen-bond donors (Lipinski definition) is 7. The van der Waals surface area contributed by atoms with E-state index in [4.69, 9.17) is 11.5 Å². The van der Waals surface area contributed by atoms with Gasteiger partial charge in [0, 0.05) is 29.9 Å². The molecule has 0 aliphatic rings. The van der Waals surface area contributed by atoms with Crippen molar-refractivity contribution in [3.63, 3.8) is 0 Å². The number of carboxylic acid groups (broad SMARTS) is 1. The number of carboxylic acids is 1. The molecular weight excluding hydrogens is 466 g/mol. The van der Waals surface area contributed by atoms with Gasteiger partial charge in [-0.05, 0) is 42.2 Å². The molecule has 0 spiro atoms. The van der Waals surface area contributed by atoms with Crippen LogP contribution in [0.3, 0.4) is 0 Å². The van der Waals surface area contributed by atoms with Crippen LogP contribution in [0.25, 0.3) is 10.9 Å².